The summed E-state index contributed by atoms with van der Waals surface area (Å²) in [6.07, 6.45) is 1.20. The topological polar surface area (TPSA) is 57.7 Å². The highest BCUT2D eigenvalue weighted by Crippen LogP contribution is 2.19. The van der Waals surface area contributed by atoms with Gasteiger partial charge in [0.05, 0.1) is 14.7 Å². The first kappa shape index (κ1) is 14.2. The van der Waals surface area contributed by atoms with Crippen molar-refractivity contribution in [1.29, 1.82) is 0 Å². The summed E-state index contributed by atoms with van der Waals surface area (Å²) in [5, 5.41) is 1.84. The first-order valence-corrected chi connectivity index (χ1v) is 9.17. The van der Waals surface area contributed by atoms with Gasteiger partial charge in [0.15, 0.2) is 0 Å². The van der Waals surface area contributed by atoms with Crippen LogP contribution in [0.5, 0.6) is 0 Å². The van der Waals surface area contributed by atoms with Crippen molar-refractivity contribution < 1.29 is 13.2 Å². The molecule has 0 N–H and O–H groups in total. The van der Waals surface area contributed by atoms with Crippen molar-refractivity contribution in [2.75, 3.05) is 32.4 Å². The maximum absolute atomic E-state index is 12.1. The summed E-state index contributed by atoms with van der Waals surface area (Å²) in [4.78, 5) is 13.8. The molecule has 18 heavy (non-hydrogen) atoms. The number of amides is 1. The molecule has 5 nitrogen and oxygen atoms in total. The van der Waals surface area contributed by atoms with Crippen LogP contribution in [0, 0.1) is 2.88 Å². The number of rotatable bonds is 2. The van der Waals surface area contributed by atoms with Crippen LogP contribution in [0.1, 0.15) is 10.4 Å². The van der Waals surface area contributed by atoms with E-state index in [1.54, 1.807) is 4.90 Å². The minimum atomic E-state index is -3.14. The van der Waals surface area contributed by atoms with Gasteiger partial charge in [-0.05, 0) is 28.7 Å². The van der Waals surface area contributed by atoms with Gasteiger partial charge in [-0.3, -0.25) is 4.79 Å². The lowest BCUT2D eigenvalue weighted by Crippen LogP contribution is -2.50. The maximum Gasteiger partial charge on any atom is 0.254 e. The lowest BCUT2D eigenvalue weighted by molar-refractivity contribution is 0.0699. The number of hydrogen-bond acceptors (Lipinski definition) is 4. The first-order valence-electron chi connectivity index (χ1n) is 5.36. The molecule has 0 spiro atoms. The molecule has 8 heteroatoms. The Morgan fingerprint density at radius 1 is 1.33 bits per heavy atom. The van der Waals surface area contributed by atoms with E-state index in [4.69, 9.17) is 0 Å². The predicted octanol–water partition coefficient (Wildman–Crippen LogP) is 1.07. The lowest BCUT2D eigenvalue weighted by Gasteiger charge is -2.33. The highest BCUT2D eigenvalue weighted by atomic mass is 127. The van der Waals surface area contributed by atoms with Crippen molar-refractivity contribution in [3.63, 3.8) is 0 Å². The molecule has 0 aromatic carbocycles. The maximum atomic E-state index is 12.1. The molecule has 0 aliphatic carbocycles. The Morgan fingerprint density at radius 3 is 2.39 bits per heavy atom. The van der Waals surface area contributed by atoms with Crippen LogP contribution in [0.25, 0.3) is 0 Å². The van der Waals surface area contributed by atoms with Gasteiger partial charge in [-0.2, -0.15) is 4.31 Å². The Labute approximate surface area is 124 Å². The number of hydrogen-bond donors (Lipinski definition) is 0. The van der Waals surface area contributed by atoms with Crippen molar-refractivity contribution in [3.8, 4) is 0 Å². The minimum Gasteiger partial charge on any atom is -0.336 e. The quantitative estimate of drug-likeness (QED) is 0.698. The molecule has 0 atom stereocenters. The number of carbonyl (C=O) groups excluding carboxylic acids is 1. The number of piperazine rings is 1. The van der Waals surface area contributed by atoms with Crippen LogP contribution < -0.4 is 0 Å². The zero-order valence-corrected chi connectivity index (χ0v) is 13.6. The summed E-state index contributed by atoms with van der Waals surface area (Å²) < 4.78 is 25.2. The van der Waals surface area contributed by atoms with Crippen LogP contribution in [0.4, 0.5) is 0 Å². The van der Waals surface area contributed by atoms with Crippen molar-refractivity contribution >= 4 is 49.9 Å². The molecule has 1 aliphatic heterocycles. The molecule has 0 radical (unpaired) electrons. The van der Waals surface area contributed by atoms with Crippen LogP contribution >= 0.6 is 33.9 Å². The molecule has 1 saturated heterocycles. The SMILES string of the molecule is CS(=O)(=O)N1CCN(C(=O)c2csc(I)c2)CC1. The third-order valence-electron chi connectivity index (χ3n) is 2.81. The molecule has 1 fully saturated rings. The molecular formula is C10H13IN2O3S2. The minimum absolute atomic E-state index is 0.0117. The van der Waals surface area contributed by atoms with Gasteiger partial charge in [0.2, 0.25) is 10.0 Å². The molecule has 100 valence electrons. The molecule has 0 unspecified atom stereocenters. The monoisotopic (exact) mass is 400 g/mol. The van der Waals surface area contributed by atoms with Gasteiger partial charge in [-0.1, -0.05) is 0 Å². The van der Waals surface area contributed by atoms with Crippen molar-refractivity contribution in [2.45, 2.75) is 0 Å². The number of sulfonamides is 1. The Hall–Kier alpha value is -0.190. The van der Waals surface area contributed by atoms with Gasteiger partial charge < -0.3 is 4.90 Å². The van der Waals surface area contributed by atoms with Gasteiger partial charge in [-0.15, -0.1) is 11.3 Å². The van der Waals surface area contributed by atoms with Gasteiger partial charge >= 0.3 is 0 Å². The molecule has 2 rings (SSSR count). The number of nitrogens with zero attached hydrogens (tertiary/aromatic N) is 2. The van der Waals surface area contributed by atoms with E-state index in [2.05, 4.69) is 22.6 Å². The Balaban J connectivity index is 2.00. The third kappa shape index (κ3) is 3.22. The lowest BCUT2D eigenvalue weighted by atomic mass is 10.2. The average molecular weight is 400 g/mol. The van der Waals surface area contributed by atoms with Crippen molar-refractivity contribution in [3.05, 3.63) is 19.9 Å². The molecule has 1 aromatic rings. The third-order valence-corrected chi connectivity index (χ3v) is 5.90. The summed E-state index contributed by atoms with van der Waals surface area (Å²) in [5.41, 5.74) is 0.692. The second-order valence-corrected chi connectivity index (χ2v) is 8.88. The van der Waals surface area contributed by atoms with Crippen molar-refractivity contribution in [1.82, 2.24) is 9.21 Å². The average Bonchev–Trinajstić information content (AvgIpc) is 2.74. The van der Waals surface area contributed by atoms with E-state index in [1.807, 2.05) is 11.4 Å². The van der Waals surface area contributed by atoms with Gasteiger partial charge in [-0.25, -0.2) is 8.42 Å². The smallest absolute Gasteiger partial charge is 0.254 e. The zero-order chi connectivity index (χ0) is 13.3. The fraction of sp³-hybridized carbons (Fsp3) is 0.500. The van der Waals surface area contributed by atoms with Crippen LogP contribution in [0.2, 0.25) is 0 Å². The zero-order valence-electron chi connectivity index (χ0n) is 9.80. The van der Waals surface area contributed by atoms with Crippen LogP contribution in [0.3, 0.4) is 0 Å². The van der Waals surface area contributed by atoms with E-state index in [0.717, 1.165) is 2.88 Å². The molecule has 2 heterocycles. The Kier molecular flexibility index (Phi) is 4.29. The highest BCUT2D eigenvalue weighted by molar-refractivity contribution is 14.1. The molecule has 0 bridgehead atoms. The second kappa shape index (κ2) is 5.43. The molecular weight excluding hydrogens is 387 g/mol. The van der Waals surface area contributed by atoms with E-state index in [-0.39, 0.29) is 5.91 Å². The fourth-order valence-corrected chi connectivity index (χ4v) is 3.97. The molecule has 0 saturated carbocycles. The van der Waals surface area contributed by atoms with E-state index in [1.165, 1.54) is 21.9 Å². The molecule has 1 aromatic heterocycles. The Morgan fingerprint density at radius 2 is 1.94 bits per heavy atom. The van der Waals surface area contributed by atoms with E-state index in [0.29, 0.717) is 31.7 Å². The Bertz CT molecular complexity index is 547. The highest BCUT2D eigenvalue weighted by Gasteiger charge is 2.26. The first-order chi connectivity index (χ1) is 8.38. The van der Waals surface area contributed by atoms with Gasteiger partial charge in [0.25, 0.3) is 5.91 Å². The fourth-order valence-electron chi connectivity index (χ4n) is 1.83. The summed E-state index contributed by atoms with van der Waals surface area (Å²) in [5.74, 6) is -0.0117. The predicted molar refractivity (Wildman–Crippen MR) is 79.4 cm³/mol. The second-order valence-electron chi connectivity index (χ2n) is 4.09. The molecule has 1 amide bonds. The number of carbonyl (C=O) groups is 1. The normalized spacial score (nSPS) is 18.0. The molecule has 1 aliphatic rings. The summed E-state index contributed by atoms with van der Waals surface area (Å²) in [7, 11) is -3.14. The summed E-state index contributed by atoms with van der Waals surface area (Å²) >= 11 is 3.71. The van der Waals surface area contributed by atoms with Crippen molar-refractivity contribution in [2.24, 2.45) is 0 Å². The van der Waals surface area contributed by atoms with E-state index < -0.39 is 10.0 Å². The van der Waals surface area contributed by atoms with Crippen LogP contribution in [0.15, 0.2) is 11.4 Å². The summed E-state index contributed by atoms with van der Waals surface area (Å²) in [6.45, 7) is 1.67. The van der Waals surface area contributed by atoms with E-state index >= 15 is 0 Å². The largest absolute Gasteiger partial charge is 0.336 e. The number of thiophene rings is 1. The van der Waals surface area contributed by atoms with Crippen LogP contribution in [-0.2, 0) is 10.0 Å². The van der Waals surface area contributed by atoms with Gasteiger partial charge in [0.1, 0.15) is 0 Å². The van der Waals surface area contributed by atoms with Crippen LogP contribution in [-0.4, -0.2) is 56.0 Å². The summed E-state index contributed by atoms with van der Waals surface area (Å²) in [6, 6.07) is 1.86. The standard InChI is InChI=1S/C10H13IN2O3S2/c1-18(15,16)13-4-2-12(3-5-13)10(14)8-6-9(11)17-7-8/h6-7H,2-5H2,1H3. The van der Waals surface area contributed by atoms with E-state index in [9.17, 15) is 13.2 Å². The van der Waals surface area contributed by atoms with Gasteiger partial charge in [0, 0.05) is 31.6 Å². The number of halogens is 1.